The Morgan fingerprint density at radius 1 is 0.596 bits per heavy atom. The largest absolute Gasteiger partial charge is 0.456 e. The van der Waals surface area contributed by atoms with Crippen LogP contribution in [0.2, 0.25) is 0 Å². The van der Waals surface area contributed by atoms with Gasteiger partial charge in [0.15, 0.2) is 5.82 Å². The number of rotatable bonds is 4. The molecule has 0 atom stereocenters. The van der Waals surface area contributed by atoms with Gasteiger partial charge in [-0.05, 0) is 88.2 Å². The highest BCUT2D eigenvalue weighted by Crippen LogP contribution is 2.53. The fourth-order valence-corrected chi connectivity index (χ4v) is 9.81. The van der Waals surface area contributed by atoms with Crippen molar-refractivity contribution in [1.29, 1.82) is 0 Å². The summed E-state index contributed by atoms with van der Waals surface area (Å²) in [7, 11) is 0. The molecule has 4 nitrogen and oxygen atoms in total. The van der Waals surface area contributed by atoms with Gasteiger partial charge in [-0.2, -0.15) is 0 Å². The summed E-state index contributed by atoms with van der Waals surface area (Å²) in [6, 6.07) is 54.1. The van der Waals surface area contributed by atoms with Crippen molar-refractivity contribution >= 4 is 49.8 Å². The first-order chi connectivity index (χ1) is 28.0. The zero-order chi connectivity index (χ0) is 37.8. The zero-order valence-corrected chi connectivity index (χ0v) is 31.8. The van der Waals surface area contributed by atoms with E-state index in [1.165, 1.54) is 55.5 Å². The van der Waals surface area contributed by atoms with Crippen LogP contribution in [0.25, 0.3) is 100 Å². The first-order valence-corrected chi connectivity index (χ1v) is 19.9. The lowest BCUT2D eigenvalue weighted by Crippen LogP contribution is -2.14. The molecule has 0 N–H and O–H groups in total. The molecule has 0 saturated heterocycles. The van der Waals surface area contributed by atoms with E-state index in [-0.39, 0.29) is 5.41 Å². The Morgan fingerprint density at radius 2 is 1.37 bits per heavy atom. The average Bonchev–Trinajstić information content (AvgIpc) is 3.88. The Labute approximate surface area is 330 Å². The van der Waals surface area contributed by atoms with E-state index in [4.69, 9.17) is 14.4 Å². The van der Waals surface area contributed by atoms with Crippen LogP contribution in [0.5, 0.6) is 0 Å². The number of benzene rings is 7. The molecular formula is C53H37N3O. The molecule has 0 spiro atoms. The highest BCUT2D eigenvalue weighted by molar-refractivity contribution is 6.13. The number of aryl methyl sites for hydroxylation is 1. The van der Waals surface area contributed by atoms with Crippen molar-refractivity contribution in [2.75, 3.05) is 0 Å². The molecule has 3 aromatic heterocycles. The Bertz CT molecular complexity index is 3310. The van der Waals surface area contributed by atoms with Crippen LogP contribution in [0.15, 0.2) is 162 Å². The van der Waals surface area contributed by atoms with Crippen LogP contribution < -0.4 is 0 Å². The summed E-state index contributed by atoms with van der Waals surface area (Å²) in [6.45, 7) is 4.73. The Hall–Kier alpha value is -7.04. The number of furan rings is 1. The van der Waals surface area contributed by atoms with E-state index in [1.807, 2.05) is 18.2 Å². The molecule has 0 saturated carbocycles. The second kappa shape index (κ2) is 12.0. The van der Waals surface area contributed by atoms with Crippen LogP contribution in [0.3, 0.4) is 0 Å². The summed E-state index contributed by atoms with van der Waals surface area (Å²) in [4.78, 5) is 10.5. The molecule has 0 unspecified atom stereocenters. The van der Waals surface area contributed by atoms with Crippen LogP contribution >= 0.6 is 0 Å². The molecule has 0 bridgehead atoms. The second-order valence-electron chi connectivity index (χ2n) is 16.0. The molecule has 0 aliphatic heterocycles. The van der Waals surface area contributed by atoms with Crippen molar-refractivity contribution in [2.24, 2.45) is 0 Å². The van der Waals surface area contributed by atoms with E-state index in [1.54, 1.807) is 0 Å². The number of allylic oxidation sites excluding steroid dienone is 1. The lowest BCUT2D eigenvalue weighted by molar-refractivity contribution is 0.661. The van der Waals surface area contributed by atoms with Crippen molar-refractivity contribution in [2.45, 2.75) is 32.1 Å². The van der Waals surface area contributed by atoms with Gasteiger partial charge in [-0.1, -0.05) is 135 Å². The smallest absolute Gasteiger partial charge is 0.161 e. The average molecular weight is 732 g/mol. The molecule has 10 aromatic rings. The zero-order valence-electron chi connectivity index (χ0n) is 31.8. The number of aromatic nitrogens is 3. The lowest BCUT2D eigenvalue weighted by Gasteiger charge is -2.21. The molecule has 7 aromatic carbocycles. The predicted octanol–water partition coefficient (Wildman–Crippen LogP) is 13.7. The van der Waals surface area contributed by atoms with E-state index in [0.29, 0.717) is 5.82 Å². The van der Waals surface area contributed by atoms with Crippen molar-refractivity contribution in [3.63, 3.8) is 0 Å². The van der Waals surface area contributed by atoms with Gasteiger partial charge in [0, 0.05) is 55.5 Å². The van der Waals surface area contributed by atoms with Crippen LogP contribution in [-0.4, -0.2) is 14.5 Å². The highest BCUT2D eigenvalue weighted by Gasteiger charge is 2.38. The molecule has 0 fully saturated rings. The quantitative estimate of drug-likeness (QED) is 0.181. The molecule has 0 amide bonds. The Balaban J connectivity index is 1.02. The van der Waals surface area contributed by atoms with Gasteiger partial charge in [0.1, 0.15) is 11.2 Å². The molecule has 2 aliphatic rings. The number of fused-ring (bicyclic) bond motifs is 11. The van der Waals surface area contributed by atoms with Crippen molar-refractivity contribution in [3.05, 3.63) is 180 Å². The minimum atomic E-state index is -0.0486. The molecule has 4 heteroatoms. The standard InChI is InChI=1S/C53H37N3O/c1-53(2)41-19-9-6-15-36(41)49-42(53)29-30-45-50(49)38-17-8-11-21-44(38)56(45)35-27-28-39-47(31-35)57-46-22-12-18-40(48(39)46)52-54-43-20-10-7-16-37(43)51(55-52)34-25-23-33(24-26-34)32-13-4-3-5-14-32/h3-7,9-16,18-31H,8,17H2,1-2H3. The maximum atomic E-state index is 6.73. The van der Waals surface area contributed by atoms with E-state index in [2.05, 4.69) is 164 Å². The summed E-state index contributed by atoms with van der Waals surface area (Å²) in [5, 5.41) is 4.48. The van der Waals surface area contributed by atoms with Crippen LogP contribution in [0.1, 0.15) is 42.7 Å². The summed E-state index contributed by atoms with van der Waals surface area (Å²) in [5.41, 5.74) is 18.4. The van der Waals surface area contributed by atoms with Gasteiger partial charge in [-0.15, -0.1) is 0 Å². The fraction of sp³-hybridized carbons (Fsp3) is 0.0943. The SMILES string of the molecule is CC1(C)c2ccccc2-c2c1ccc1c2c2c(n1-c1ccc3c(c1)oc1cccc(-c4nc(-c5ccc(-c6ccccc6)cc5)c5ccccc5n4)c13)C=CCC2. The highest BCUT2D eigenvalue weighted by atomic mass is 16.3. The van der Waals surface area contributed by atoms with Gasteiger partial charge in [-0.25, -0.2) is 9.97 Å². The summed E-state index contributed by atoms with van der Waals surface area (Å²) in [5.74, 6) is 0.681. The lowest BCUT2D eigenvalue weighted by atomic mass is 9.82. The first kappa shape index (κ1) is 32.2. The van der Waals surface area contributed by atoms with E-state index in [9.17, 15) is 0 Å². The van der Waals surface area contributed by atoms with Crippen molar-refractivity contribution in [1.82, 2.24) is 14.5 Å². The summed E-state index contributed by atoms with van der Waals surface area (Å²) < 4.78 is 9.18. The van der Waals surface area contributed by atoms with Crippen molar-refractivity contribution < 1.29 is 4.42 Å². The topological polar surface area (TPSA) is 43.9 Å². The molecule has 270 valence electrons. The van der Waals surface area contributed by atoms with Gasteiger partial charge in [-0.3, -0.25) is 0 Å². The maximum Gasteiger partial charge on any atom is 0.161 e. The van der Waals surface area contributed by atoms with E-state index >= 15 is 0 Å². The second-order valence-corrected chi connectivity index (χ2v) is 16.0. The summed E-state index contributed by atoms with van der Waals surface area (Å²) >= 11 is 0. The number of hydrogen-bond donors (Lipinski definition) is 0. The third-order valence-electron chi connectivity index (χ3n) is 12.5. The monoisotopic (exact) mass is 731 g/mol. The minimum absolute atomic E-state index is 0.0486. The van der Waals surface area contributed by atoms with Crippen molar-refractivity contribution in [3.8, 4) is 50.6 Å². The predicted molar refractivity (Wildman–Crippen MR) is 235 cm³/mol. The van der Waals surface area contributed by atoms with Gasteiger partial charge < -0.3 is 8.98 Å². The molecule has 12 rings (SSSR count). The first-order valence-electron chi connectivity index (χ1n) is 19.9. The van der Waals surface area contributed by atoms with Crippen LogP contribution in [-0.2, 0) is 11.8 Å². The third-order valence-corrected chi connectivity index (χ3v) is 12.5. The molecule has 0 radical (unpaired) electrons. The normalized spacial score (nSPS) is 14.1. The van der Waals surface area contributed by atoms with Crippen LogP contribution in [0, 0.1) is 0 Å². The molecular weight excluding hydrogens is 695 g/mol. The number of hydrogen-bond acceptors (Lipinski definition) is 3. The third kappa shape index (κ3) is 4.68. The van der Waals surface area contributed by atoms with E-state index in [0.717, 1.165) is 68.2 Å². The number of nitrogens with zero attached hydrogens (tertiary/aromatic N) is 3. The molecule has 2 aliphatic carbocycles. The fourth-order valence-electron chi connectivity index (χ4n) is 9.81. The summed E-state index contributed by atoms with van der Waals surface area (Å²) in [6.07, 6.45) is 6.71. The van der Waals surface area contributed by atoms with Gasteiger partial charge in [0.25, 0.3) is 0 Å². The molecule has 57 heavy (non-hydrogen) atoms. The molecule has 3 heterocycles. The minimum Gasteiger partial charge on any atom is -0.456 e. The van der Waals surface area contributed by atoms with Gasteiger partial charge in [0.05, 0.1) is 16.7 Å². The van der Waals surface area contributed by atoms with Crippen LogP contribution in [0.4, 0.5) is 0 Å². The Kier molecular flexibility index (Phi) is 6.77. The van der Waals surface area contributed by atoms with E-state index < -0.39 is 0 Å². The van der Waals surface area contributed by atoms with Gasteiger partial charge in [0.2, 0.25) is 0 Å². The maximum absolute atomic E-state index is 6.73. The Morgan fingerprint density at radius 3 is 2.26 bits per heavy atom. The van der Waals surface area contributed by atoms with Gasteiger partial charge >= 0.3 is 0 Å². The number of para-hydroxylation sites is 1.